The van der Waals surface area contributed by atoms with Gasteiger partial charge in [0.15, 0.2) is 17.2 Å². The molecule has 2 aromatic heterocycles. The van der Waals surface area contributed by atoms with E-state index in [-0.39, 0.29) is 24.2 Å². The van der Waals surface area contributed by atoms with Crippen LogP contribution in [-0.2, 0) is 10.2 Å². The average Bonchev–Trinajstić information content (AvgIpc) is 3.51. The van der Waals surface area contributed by atoms with Gasteiger partial charge in [0.2, 0.25) is 0 Å². The van der Waals surface area contributed by atoms with E-state index in [1.807, 2.05) is 19.1 Å². The maximum atomic E-state index is 12.4. The standard InChI is InChI=1S/C25H30N6O3/c1-17(13-18(14-26)15-27-2)20-9-10-21(33-3)22-29-23(30-31(20)22)25(11-12-25)16-34-24(32)28-19-7-5-4-6-8-19/h9-10,13,15,19H,2,4-8,11-12,16H2,1,3H3,(H,28,32). The molecule has 0 aliphatic heterocycles. The molecule has 4 rings (SSSR count). The maximum absolute atomic E-state index is 12.4. The van der Waals surface area contributed by atoms with E-state index in [1.54, 1.807) is 17.7 Å². The van der Waals surface area contributed by atoms with Crippen molar-refractivity contribution in [2.45, 2.75) is 63.3 Å². The van der Waals surface area contributed by atoms with Crippen LogP contribution >= 0.6 is 0 Å². The number of rotatable bonds is 8. The number of allylic oxidation sites excluding steroid dienone is 3. The summed E-state index contributed by atoms with van der Waals surface area (Å²) in [5.41, 5.74) is 2.15. The third-order valence-electron chi connectivity index (χ3n) is 6.54. The Labute approximate surface area is 199 Å². The van der Waals surface area contributed by atoms with Crippen LogP contribution in [0.1, 0.15) is 63.4 Å². The topological polar surface area (TPSA) is 114 Å². The van der Waals surface area contributed by atoms with Gasteiger partial charge in [-0.1, -0.05) is 19.3 Å². The van der Waals surface area contributed by atoms with Crippen molar-refractivity contribution in [1.82, 2.24) is 19.9 Å². The number of aliphatic imine (C=N–C) groups is 1. The van der Waals surface area contributed by atoms with E-state index in [2.05, 4.69) is 23.1 Å². The van der Waals surface area contributed by atoms with Crippen molar-refractivity contribution in [3.05, 3.63) is 41.5 Å². The smallest absolute Gasteiger partial charge is 0.407 e. The summed E-state index contributed by atoms with van der Waals surface area (Å²) < 4.78 is 12.8. The zero-order valence-corrected chi connectivity index (χ0v) is 19.7. The van der Waals surface area contributed by atoms with Gasteiger partial charge in [0.05, 0.1) is 23.8 Å². The first-order valence-electron chi connectivity index (χ1n) is 11.6. The number of carbonyl (C=O) groups is 1. The molecule has 0 unspecified atom stereocenters. The minimum atomic E-state index is -0.389. The van der Waals surface area contributed by atoms with Crippen LogP contribution in [0.3, 0.4) is 0 Å². The van der Waals surface area contributed by atoms with Gasteiger partial charge >= 0.3 is 6.09 Å². The molecular formula is C25H30N6O3. The Hall–Kier alpha value is -3.67. The van der Waals surface area contributed by atoms with E-state index in [1.165, 1.54) is 12.6 Å². The number of nitrogens with zero attached hydrogens (tertiary/aromatic N) is 5. The fraction of sp³-hybridized carbons (Fsp3) is 0.480. The number of alkyl carbamates (subject to hydrolysis) is 1. The molecule has 2 fully saturated rings. The lowest BCUT2D eigenvalue weighted by Gasteiger charge is -2.22. The quantitative estimate of drug-likeness (QED) is 0.355. The number of amides is 1. The lowest BCUT2D eigenvalue weighted by atomic mass is 9.96. The molecule has 2 aromatic rings. The predicted octanol–water partition coefficient (Wildman–Crippen LogP) is 4.34. The number of hydrogen-bond donors (Lipinski definition) is 1. The van der Waals surface area contributed by atoms with Gasteiger partial charge < -0.3 is 14.8 Å². The van der Waals surface area contributed by atoms with Gasteiger partial charge in [-0.05, 0) is 63.1 Å². The third kappa shape index (κ3) is 4.96. The van der Waals surface area contributed by atoms with Gasteiger partial charge in [-0.25, -0.2) is 14.3 Å². The SMILES string of the molecule is C=NC=C(C#N)C=C(C)c1ccc(OC)c2nc(C3(COC(=O)NC4CCCCC4)CC3)nn12. The molecule has 178 valence electrons. The maximum Gasteiger partial charge on any atom is 0.407 e. The number of methoxy groups -OCH3 is 1. The summed E-state index contributed by atoms with van der Waals surface area (Å²) in [6.07, 6.45) is 10.0. The van der Waals surface area contributed by atoms with Crippen LogP contribution in [0.5, 0.6) is 5.75 Å². The van der Waals surface area contributed by atoms with Crippen molar-refractivity contribution in [2.75, 3.05) is 13.7 Å². The Bertz CT molecular complexity index is 1180. The molecule has 9 nitrogen and oxygen atoms in total. The largest absolute Gasteiger partial charge is 0.493 e. The van der Waals surface area contributed by atoms with Crippen LogP contribution in [0.25, 0.3) is 11.2 Å². The molecule has 0 spiro atoms. The van der Waals surface area contributed by atoms with Crippen molar-refractivity contribution >= 4 is 24.0 Å². The fourth-order valence-corrected chi connectivity index (χ4v) is 4.37. The summed E-state index contributed by atoms with van der Waals surface area (Å²) in [4.78, 5) is 20.8. The summed E-state index contributed by atoms with van der Waals surface area (Å²) in [7, 11) is 1.59. The zero-order valence-electron chi connectivity index (χ0n) is 19.7. The third-order valence-corrected chi connectivity index (χ3v) is 6.54. The van der Waals surface area contributed by atoms with Crippen molar-refractivity contribution < 1.29 is 14.3 Å². The van der Waals surface area contributed by atoms with Crippen LogP contribution in [-0.4, -0.2) is 47.2 Å². The molecule has 1 N–H and O–H groups in total. The molecule has 1 amide bonds. The van der Waals surface area contributed by atoms with Crippen LogP contribution in [0.15, 0.2) is 35.0 Å². The normalized spacial score (nSPS) is 18.3. The summed E-state index contributed by atoms with van der Waals surface area (Å²) in [6, 6.07) is 6.00. The van der Waals surface area contributed by atoms with Gasteiger partial charge in [0.1, 0.15) is 12.7 Å². The first kappa shape index (κ1) is 23.5. The highest BCUT2D eigenvalue weighted by atomic mass is 16.5. The van der Waals surface area contributed by atoms with Gasteiger partial charge in [-0.3, -0.25) is 4.99 Å². The molecule has 2 heterocycles. The highest BCUT2D eigenvalue weighted by Gasteiger charge is 2.49. The molecule has 2 aliphatic rings. The van der Waals surface area contributed by atoms with Crippen molar-refractivity contribution in [3.63, 3.8) is 0 Å². The number of nitriles is 1. The van der Waals surface area contributed by atoms with E-state index in [4.69, 9.17) is 19.6 Å². The van der Waals surface area contributed by atoms with Gasteiger partial charge in [-0.15, -0.1) is 5.10 Å². The molecule has 0 bridgehead atoms. The lowest BCUT2D eigenvalue weighted by molar-refractivity contribution is 0.127. The molecule has 0 aromatic carbocycles. The summed E-state index contributed by atoms with van der Waals surface area (Å²) >= 11 is 0. The number of hydrogen-bond acceptors (Lipinski definition) is 7. The summed E-state index contributed by atoms with van der Waals surface area (Å²) in [6.45, 7) is 5.54. The molecule has 9 heteroatoms. The first-order chi connectivity index (χ1) is 16.5. The Morgan fingerprint density at radius 1 is 1.38 bits per heavy atom. The summed E-state index contributed by atoms with van der Waals surface area (Å²) in [5.74, 6) is 1.21. The highest BCUT2D eigenvalue weighted by Crippen LogP contribution is 2.47. The molecule has 0 saturated heterocycles. The second kappa shape index (κ2) is 10.1. The number of carbonyl (C=O) groups excluding carboxylic acids is 1. The first-order valence-corrected chi connectivity index (χ1v) is 11.6. The molecule has 0 radical (unpaired) electrons. The number of fused-ring (bicyclic) bond motifs is 1. The fourth-order valence-electron chi connectivity index (χ4n) is 4.37. The number of aromatic nitrogens is 3. The Kier molecular flexibility index (Phi) is 6.96. The van der Waals surface area contributed by atoms with Crippen molar-refractivity contribution in [3.8, 4) is 11.8 Å². The Balaban J connectivity index is 1.57. The molecular weight excluding hydrogens is 432 g/mol. The van der Waals surface area contributed by atoms with Crippen molar-refractivity contribution in [1.29, 1.82) is 5.26 Å². The van der Waals surface area contributed by atoms with E-state index < -0.39 is 0 Å². The van der Waals surface area contributed by atoms with E-state index in [0.29, 0.717) is 22.8 Å². The summed E-state index contributed by atoms with van der Waals surface area (Å²) in [5, 5.41) is 17.1. The van der Waals surface area contributed by atoms with E-state index >= 15 is 0 Å². The second-order valence-corrected chi connectivity index (χ2v) is 9.00. The minimum Gasteiger partial charge on any atom is -0.493 e. The van der Waals surface area contributed by atoms with Crippen LogP contribution < -0.4 is 10.1 Å². The number of ether oxygens (including phenoxy) is 2. The van der Waals surface area contributed by atoms with Gasteiger partial charge in [0.25, 0.3) is 0 Å². The minimum absolute atomic E-state index is 0.204. The number of pyridine rings is 1. The monoisotopic (exact) mass is 462 g/mol. The average molecular weight is 463 g/mol. The van der Waals surface area contributed by atoms with Crippen molar-refractivity contribution in [2.24, 2.45) is 4.99 Å². The van der Waals surface area contributed by atoms with Gasteiger partial charge in [0, 0.05) is 12.2 Å². The molecule has 2 aliphatic carbocycles. The highest BCUT2D eigenvalue weighted by molar-refractivity contribution is 5.70. The second-order valence-electron chi connectivity index (χ2n) is 9.00. The van der Waals surface area contributed by atoms with Crippen LogP contribution in [0.2, 0.25) is 0 Å². The van der Waals surface area contributed by atoms with Crippen LogP contribution in [0.4, 0.5) is 4.79 Å². The Morgan fingerprint density at radius 3 is 2.79 bits per heavy atom. The van der Waals surface area contributed by atoms with E-state index in [0.717, 1.165) is 49.8 Å². The molecule has 2 saturated carbocycles. The molecule has 0 atom stereocenters. The Morgan fingerprint density at radius 2 is 2.15 bits per heavy atom. The number of nitrogens with one attached hydrogen (secondary N) is 1. The lowest BCUT2D eigenvalue weighted by Crippen LogP contribution is -2.37. The predicted molar refractivity (Wildman–Crippen MR) is 129 cm³/mol. The van der Waals surface area contributed by atoms with E-state index in [9.17, 15) is 10.1 Å². The van der Waals surface area contributed by atoms with Crippen LogP contribution in [0, 0.1) is 11.3 Å². The molecule has 34 heavy (non-hydrogen) atoms. The zero-order chi connectivity index (χ0) is 24.1. The van der Waals surface area contributed by atoms with Gasteiger partial charge in [-0.2, -0.15) is 5.26 Å².